The number of aromatic amines is 1. The summed E-state index contributed by atoms with van der Waals surface area (Å²) in [6.07, 6.45) is 0. The van der Waals surface area contributed by atoms with E-state index >= 15 is 0 Å². The highest BCUT2D eigenvalue weighted by Crippen LogP contribution is 2.18. The van der Waals surface area contributed by atoms with Gasteiger partial charge in [0, 0.05) is 11.5 Å². The van der Waals surface area contributed by atoms with E-state index in [1.807, 2.05) is 45.0 Å². The van der Waals surface area contributed by atoms with Gasteiger partial charge in [-0.05, 0) is 13.0 Å². The minimum absolute atomic E-state index is 0.0720. The van der Waals surface area contributed by atoms with Crippen molar-refractivity contribution in [3.63, 3.8) is 0 Å². The third kappa shape index (κ3) is 3.51. The number of hydrogen-bond donors (Lipinski definition) is 1. The summed E-state index contributed by atoms with van der Waals surface area (Å²) in [4.78, 5) is 16.2. The maximum Gasteiger partial charge on any atom is 0.356 e. The quantitative estimate of drug-likeness (QED) is 0.723. The average Bonchev–Trinajstić information content (AvgIpc) is 3.23. The highest BCUT2D eigenvalue weighted by molar-refractivity contribution is 5.88. The van der Waals surface area contributed by atoms with Crippen molar-refractivity contribution >= 4 is 5.97 Å². The molecular weight excluding hydrogens is 308 g/mol. The normalized spacial score (nSPS) is 11.0. The minimum Gasteiger partial charge on any atom is -0.451 e. The molecular formula is C17H18N4O3. The van der Waals surface area contributed by atoms with Gasteiger partial charge in [0.15, 0.2) is 12.4 Å². The zero-order chi connectivity index (χ0) is 17.1. The van der Waals surface area contributed by atoms with E-state index in [0.29, 0.717) is 11.5 Å². The zero-order valence-corrected chi connectivity index (χ0v) is 13.7. The van der Waals surface area contributed by atoms with Crippen molar-refractivity contribution in [2.75, 3.05) is 0 Å². The van der Waals surface area contributed by atoms with Gasteiger partial charge in [0.1, 0.15) is 5.69 Å². The number of ether oxygens (including phenoxy) is 1. The first-order chi connectivity index (χ1) is 11.5. The number of aryl methyl sites for hydroxylation is 1. The molecule has 1 aromatic carbocycles. The fourth-order valence-electron chi connectivity index (χ4n) is 2.06. The van der Waals surface area contributed by atoms with Crippen LogP contribution < -0.4 is 0 Å². The topological polar surface area (TPSA) is 93.9 Å². The Hall–Kier alpha value is -2.96. The zero-order valence-electron chi connectivity index (χ0n) is 13.7. The van der Waals surface area contributed by atoms with Crippen molar-refractivity contribution in [1.82, 2.24) is 20.3 Å². The van der Waals surface area contributed by atoms with E-state index in [0.717, 1.165) is 11.1 Å². The Morgan fingerprint density at radius 2 is 2.04 bits per heavy atom. The van der Waals surface area contributed by atoms with E-state index in [2.05, 4.69) is 20.3 Å². The molecule has 0 radical (unpaired) electrons. The van der Waals surface area contributed by atoms with Crippen LogP contribution in [0.2, 0.25) is 0 Å². The maximum atomic E-state index is 12.1. The summed E-state index contributed by atoms with van der Waals surface area (Å²) in [5.74, 6) is 0.489. The lowest BCUT2D eigenvalue weighted by Gasteiger charge is -1.98. The summed E-state index contributed by atoms with van der Waals surface area (Å²) in [6.45, 7) is 5.85. The molecule has 0 aliphatic heterocycles. The number of esters is 1. The smallest absolute Gasteiger partial charge is 0.356 e. The first-order valence-corrected chi connectivity index (χ1v) is 7.65. The van der Waals surface area contributed by atoms with E-state index in [4.69, 9.17) is 9.26 Å². The molecule has 2 heterocycles. The molecule has 124 valence electrons. The van der Waals surface area contributed by atoms with Crippen LogP contribution in [0.1, 0.15) is 47.5 Å². The van der Waals surface area contributed by atoms with Crippen molar-refractivity contribution in [2.45, 2.75) is 33.3 Å². The van der Waals surface area contributed by atoms with Crippen LogP contribution in [0, 0.1) is 6.92 Å². The highest BCUT2D eigenvalue weighted by atomic mass is 16.6. The largest absolute Gasteiger partial charge is 0.451 e. The van der Waals surface area contributed by atoms with Crippen LogP contribution in [-0.2, 0) is 11.3 Å². The van der Waals surface area contributed by atoms with Crippen LogP contribution in [0.25, 0.3) is 11.3 Å². The molecule has 7 heteroatoms. The molecule has 0 bridgehead atoms. The van der Waals surface area contributed by atoms with Crippen LogP contribution in [0.15, 0.2) is 34.9 Å². The van der Waals surface area contributed by atoms with Crippen LogP contribution in [-0.4, -0.2) is 26.3 Å². The molecule has 0 unspecified atom stereocenters. The second-order valence-corrected chi connectivity index (χ2v) is 5.81. The molecule has 0 amide bonds. The monoisotopic (exact) mass is 326 g/mol. The molecule has 0 aliphatic carbocycles. The minimum atomic E-state index is -0.523. The van der Waals surface area contributed by atoms with Crippen LogP contribution in [0.5, 0.6) is 0 Å². The number of benzene rings is 1. The van der Waals surface area contributed by atoms with Gasteiger partial charge in [0.2, 0.25) is 0 Å². The second-order valence-electron chi connectivity index (χ2n) is 5.81. The van der Waals surface area contributed by atoms with Crippen molar-refractivity contribution in [3.05, 3.63) is 53.3 Å². The lowest BCUT2D eigenvalue weighted by Crippen LogP contribution is -2.06. The van der Waals surface area contributed by atoms with Crippen molar-refractivity contribution in [1.29, 1.82) is 0 Å². The van der Waals surface area contributed by atoms with Gasteiger partial charge in [0.25, 0.3) is 5.89 Å². The molecule has 7 nitrogen and oxygen atoms in total. The van der Waals surface area contributed by atoms with Crippen LogP contribution in [0.3, 0.4) is 0 Å². The van der Waals surface area contributed by atoms with Gasteiger partial charge in [-0.1, -0.05) is 48.8 Å². The fourth-order valence-corrected chi connectivity index (χ4v) is 2.06. The highest BCUT2D eigenvalue weighted by Gasteiger charge is 2.15. The second kappa shape index (κ2) is 6.66. The Kier molecular flexibility index (Phi) is 4.41. The first kappa shape index (κ1) is 15.9. The van der Waals surface area contributed by atoms with Gasteiger partial charge in [-0.25, -0.2) is 4.79 Å². The Balaban J connectivity index is 1.64. The number of nitrogens with zero attached hydrogens (tertiary/aromatic N) is 3. The SMILES string of the molecule is Cc1ccc(-c2cc(C(=O)OCc3nc(C(C)C)no3)[nH]n2)cc1. The Morgan fingerprint density at radius 3 is 2.71 bits per heavy atom. The summed E-state index contributed by atoms with van der Waals surface area (Å²) in [6, 6.07) is 9.53. The maximum absolute atomic E-state index is 12.1. The molecule has 0 spiro atoms. The molecule has 0 saturated carbocycles. The van der Waals surface area contributed by atoms with E-state index < -0.39 is 5.97 Å². The molecule has 24 heavy (non-hydrogen) atoms. The predicted octanol–water partition coefficient (Wildman–Crippen LogP) is 3.25. The molecule has 2 aromatic heterocycles. The van der Waals surface area contributed by atoms with Gasteiger partial charge in [-0.2, -0.15) is 10.1 Å². The van der Waals surface area contributed by atoms with Crippen molar-refractivity contribution in [2.24, 2.45) is 0 Å². The standard InChI is InChI=1S/C17H18N4O3/c1-10(2)16-18-15(24-21-16)9-23-17(22)14-8-13(19-20-14)12-6-4-11(3)5-7-12/h4-8,10H,9H2,1-3H3,(H,19,20). The number of hydrogen-bond acceptors (Lipinski definition) is 6. The summed E-state index contributed by atoms with van der Waals surface area (Å²) >= 11 is 0. The number of aromatic nitrogens is 4. The third-order valence-corrected chi connectivity index (χ3v) is 3.47. The van der Waals surface area contributed by atoms with Gasteiger partial charge in [0.05, 0.1) is 5.69 Å². The third-order valence-electron chi connectivity index (χ3n) is 3.47. The number of nitrogens with one attached hydrogen (secondary N) is 1. The average molecular weight is 326 g/mol. The number of H-pyrrole nitrogens is 1. The summed E-state index contributed by atoms with van der Waals surface area (Å²) in [5.41, 5.74) is 3.04. The first-order valence-electron chi connectivity index (χ1n) is 7.65. The van der Waals surface area contributed by atoms with Crippen molar-refractivity contribution in [3.8, 4) is 11.3 Å². The van der Waals surface area contributed by atoms with E-state index in [9.17, 15) is 4.79 Å². The molecule has 0 aliphatic rings. The van der Waals surface area contributed by atoms with E-state index in [-0.39, 0.29) is 24.1 Å². The van der Waals surface area contributed by atoms with Gasteiger partial charge in [-0.3, -0.25) is 5.10 Å². The molecule has 3 rings (SSSR count). The molecule has 3 aromatic rings. The van der Waals surface area contributed by atoms with Crippen LogP contribution in [0.4, 0.5) is 0 Å². The Bertz CT molecular complexity index is 834. The van der Waals surface area contributed by atoms with E-state index in [1.54, 1.807) is 6.07 Å². The Labute approximate surface area is 139 Å². The summed E-state index contributed by atoms with van der Waals surface area (Å²) in [7, 11) is 0. The summed E-state index contributed by atoms with van der Waals surface area (Å²) in [5, 5.41) is 10.6. The lowest BCUT2D eigenvalue weighted by atomic mass is 10.1. The predicted molar refractivity (Wildman–Crippen MR) is 86.3 cm³/mol. The fraction of sp³-hybridized carbons (Fsp3) is 0.294. The molecule has 0 saturated heterocycles. The van der Waals surface area contributed by atoms with Gasteiger partial charge >= 0.3 is 5.97 Å². The van der Waals surface area contributed by atoms with E-state index in [1.165, 1.54) is 0 Å². The number of rotatable bonds is 5. The van der Waals surface area contributed by atoms with Crippen molar-refractivity contribution < 1.29 is 14.1 Å². The van der Waals surface area contributed by atoms with Gasteiger partial charge < -0.3 is 9.26 Å². The summed E-state index contributed by atoms with van der Waals surface area (Å²) < 4.78 is 10.2. The lowest BCUT2D eigenvalue weighted by molar-refractivity contribution is 0.0423. The molecule has 0 fully saturated rings. The van der Waals surface area contributed by atoms with Crippen LogP contribution >= 0.6 is 0 Å². The number of carbonyl (C=O) groups excluding carboxylic acids is 1. The molecule has 1 N–H and O–H groups in total. The molecule has 0 atom stereocenters. The Morgan fingerprint density at radius 1 is 1.29 bits per heavy atom. The van der Waals surface area contributed by atoms with Gasteiger partial charge in [-0.15, -0.1) is 0 Å². The number of carbonyl (C=O) groups is 1.